The SMILES string of the molecule is CC(=O)Nc1cc(NS(=O)(=O)c2ccccc2F)ccc1F. The average molecular weight is 326 g/mol. The second-order valence-electron chi connectivity index (χ2n) is 4.41. The zero-order chi connectivity index (χ0) is 16.3. The maximum absolute atomic E-state index is 13.6. The van der Waals surface area contributed by atoms with Gasteiger partial charge < -0.3 is 5.32 Å². The van der Waals surface area contributed by atoms with Gasteiger partial charge in [-0.25, -0.2) is 17.2 Å². The first-order valence-corrected chi connectivity index (χ1v) is 7.62. The molecule has 0 aliphatic rings. The lowest BCUT2D eigenvalue weighted by molar-refractivity contribution is -0.114. The van der Waals surface area contributed by atoms with Crippen LogP contribution in [0.1, 0.15) is 6.92 Å². The number of hydrogen-bond donors (Lipinski definition) is 2. The van der Waals surface area contributed by atoms with E-state index in [1.807, 2.05) is 0 Å². The summed E-state index contributed by atoms with van der Waals surface area (Å²) in [5.74, 6) is -2.13. The van der Waals surface area contributed by atoms with Crippen molar-refractivity contribution >= 4 is 27.3 Å². The van der Waals surface area contributed by atoms with Crippen LogP contribution in [0, 0.1) is 11.6 Å². The van der Waals surface area contributed by atoms with E-state index in [1.165, 1.54) is 25.1 Å². The highest BCUT2D eigenvalue weighted by Gasteiger charge is 2.19. The van der Waals surface area contributed by atoms with Crippen LogP contribution in [0.5, 0.6) is 0 Å². The van der Waals surface area contributed by atoms with Crippen LogP contribution in [0.4, 0.5) is 20.2 Å². The molecule has 0 aliphatic heterocycles. The number of anilines is 2. The number of rotatable bonds is 4. The Morgan fingerprint density at radius 1 is 1.05 bits per heavy atom. The van der Waals surface area contributed by atoms with E-state index < -0.39 is 32.5 Å². The van der Waals surface area contributed by atoms with E-state index in [0.29, 0.717) is 0 Å². The van der Waals surface area contributed by atoms with Crippen molar-refractivity contribution in [1.82, 2.24) is 0 Å². The monoisotopic (exact) mass is 326 g/mol. The van der Waals surface area contributed by atoms with Crippen molar-refractivity contribution < 1.29 is 22.0 Å². The van der Waals surface area contributed by atoms with Gasteiger partial charge in [-0.15, -0.1) is 0 Å². The van der Waals surface area contributed by atoms with Crippen LogP contribution in [0.25, 0.3) is 0 Å². The van der Waals surface area contributed by atoms with Crippen molar-refractivity contribution in [2.24, 2.45) is 0 Å². The van der Waals surface area contributed by atoms with Crippen molar-refractivity contribution in [2.45, 2.75) is 11.8 Å². The summed E-state index contributed by atoms with van der Waals surface area (Å²) in [6, 6.07) is 8.13. The average Bonchev–Trinajstić information content (AvgIpc) is 2.42. The Labute approximate surface area is 126 Å². The van der Waals surface area contributed by atoms with E-state index in [1.54, 1.807) is 0 Å². The lowest BCUT2D eigenvalue weighted by Gasteiger charge is -2.11. The molecular weight excluding hydrogens is 314 g/mol. The molecule has 116 valence electrons. The van der Waals surface area contributed by atoms with Crippen molar-refractivity contribution in [1.29, 1.82) is 0 Å². The number of sulfonamides is 1. The highest BCUT2D eigenvalue weighted by molar-refractivity contribution is 7.92. The molecular formula is C14H12F2N2O3S. The molecule has 0 bridgehead atoms. The van der Waals surface area contributed by atoms with E-state index in [9.17, 15) is 22.0 Å². The molecule has 0 fully saturated rings. The summed E-state index contributed by atoms with van der Waals surface area (Å²) >= 11 is 0. The highest BCUT2D eigenvalue weighted by atomic mass is 32.2. The lowest BCUT2D eigenvalue weighted by atomic mass is 10.2. The van der Waals surface area contributed by atoms with Crippen molar-refractivity contribution in [3.05, 3.63) is 54.1 Å². The second kappa shape index (κ2) is 6.10. The van der Waals surface area contributed by atoms with E-state index in [-0.39, 0.29) is 11.4 Å². The second-order valence-corrected chi connectivity index (χ2v) is 6.06. The van der Waals surface area contributed by atoms with Crippen LogP contribution in [0.2, 0.25) is 0 Å². The summed E-state index contributed by atoms with van der Waals surface area (Å²) in [6.45, 7) is 1.19. The first kappa shape index (κ1) is 15.9. The quantitative estimate of drug-likeness (QED) is 0.907. The number of carbonyl (C=O) groups excluding carboxylic acids is 1. The normalized spacial score (nSPS) is 11.0. The third kappa shape index (κ3) is 3.59. The zero-order valence-corrected chi connectivity index (χ0v) is 12.2. The molecule has 0 radical (unpaired) electrons. The molecule has 0 unspecified atom stereocenters. The first-order chi connectivity index (χ1) is 10.3. The molecule has 2 rings (SSSR count). The molecule has 2 aromatic rings. The van der Waals surface area contributed by atoms with Gasteiger partial charge in [-0.2, -0.15) is 0 Å². The fourth-order valence-electron chi connectivity index (χ4n) is 1.75. The van der Waals surface area contributed by atoms with E-state index >= 15 is 0 Å². The summed E-state index contributed by atoms with van der Waals surface area (Å²) in [7, 11) is -4.16. The number of carbonyl (C=O) groups is 1. The van der Waals surface area contributed by atoms with Crippen molar-refractivity contribution in [3.63, 3.8) is 0 Å². The lowest BCUT2D eigenvalue weighted by Crippen LogP contribution is -2.15. The molecule has 0 saturated heterocycles. The Morgan fingerprint density at radius 2 is 1.73 bits per heavy atom. The minimum atomic E-state index is -4.16. The van der Waals surface area contributed by atoms with Gasteiger partial charge in [0.05, 0.1) is 11.4 Å². The van der Waals surface area contributed by atoms with Gasteiger partial charge in [0.15, 0.2) is 0 Å². The van der Waals surface area contributed by atoms with Gasteiger partial charge in [0.1, 0.15) is 16.5 Å². The van der Waals surface area contributed by atoms with E-state index in [4.69, 9.17) is 0 Å². The number of hydrogen-bond acceptors (Lipinski definition) is 3. The predicted molar refractivity (Wildman–Crippen MR) is 77.9 cm³/mol. The van der Waals surface area contributed by atoms with Crippen LogP contribution in [0.3, 0.4) is 0 Å². The summed E-state index contributed by atoms with van der Waals surface area (Å²) < 4.78 is 53.4. The van der Waals surface area contributed by atoms with Crippen LogP contribution in [-0.4, -0.2) is 14.3 Å². The molecule has 2 N–H and O–H groups in total. The maximum Gasteiger partial charge on any atom is 0.264 e. The summed E-state index contributed by atoms with van der Waals surface area (Å²) in [4.78, 5) is 10.4. The Balaban J connectivity index is 2.34. The number of amides is 1. The smallest absolute Gasteiger partial charge is 0.264 e. The third-order valence-electron chi connectivity index (χ3n) is 2.66. The molecule has 22 heavy (non-hydrogen) atoms. The molecule has 0 spiro atoms. The van der Waals surface area contributed by atoms with Gasteiger partial charge in [0.25, 0.3) is 10.0 Å². The fraction of sp³-hybridized carbons (Fsp3) is 0.0714. The maximum atomic E-state index is 13.6. The van der Waals surface area contributed by atoms with Crippen LogP contribution in [0.15, 0.2) is 47.4 Å². The molecule has 8 heteroatoms. The molecule has 0 aliphatic carbocycles. The Hall–Kier alpha value is -2.48. The molecule has 2 aromatic carbocycles. The number of benzene rings is 2. The van der Waals surface area contributed by atoms with Crippen LogP contribution in [-0.2, 0) is 14.8 Å². The Kier molecular flexibility index (Phi) is 4.41. The van der Waals surface area contributed by atoms with Crippen LogP contribution >= 0.6 is 0 Å². The molecule has 1 amide bonds. The van der Waals surface area contributed by atoms with Crippen molar-refractivity contribution in [3.8, 4) is 0 Å². The zero-order valence-electron chi connectivity index (χ0n) is 11.4. The molecule has 0 saturated carbocycles. The van der Waals surface area contributed by atoms with Gasteiger partial charge in [0, 0.05) is 6.92 Å². The summed E-state index contributed by atoms with van der Waals surface area (Å²) in [5, 5.41) is 2.23. The Morgan fingerprint density at radius 3 is 2.36 bits per heavy atom. The predicted octanol–water partition coefficient (Wildman–Crippen LogP) is 2.72. The third-order valence-corrected chi connectivity index (χ3v) is 4.07. The molecule has 0 aromatic heterocycles. The van der Waals surface area contributed by atoms with Gasteiger partial charge >= 0.3 is 0 Å². The first-order valence-electron chi connectivity index (χ1n) is 6.14. The topological polar surface area (TPSA) is 75.3 Å². The highest BCUT2D eigenvalue weighted by Crippen LogP contribution is 2.23. The van der Waals surface area contributed by atoms with Gasteiger partial charge in [-0.05, 0) is 30.3 Å². The molecule has 5 nitrogen and oxygen atoms in total. The van der Waals surface area contributed by atoms with Gasteiger partial charge in [-0.3, -0.25) is 9.52 Å². The molecule has 0 heterocycles. The molecule has 0 atom stereocenters. The largest absolute Gasteiger partial charge is 0.324 e. The van der Waals surface area contributed by atoms with Crippen LogP contribution < -0.4 is 10.0 Å². The minimum absolute atomic E-state index is 0.00611. The number of halogens is 2. The summed E-state index contributed by atoms with van der Waals surface area (Å²) in [5.41, 5.74) is -0.186. The fourth-order valence-corrected chi connectivity index (χ4v) is 2.88. The standard InChI is InChI=1S/C14H12F2N2O3S/c1-9(19)17-13-8-10(6-7-11(13)15)18-22(20,21)14-5-3-2-4-12(14)16/h2-8,18H,1H3,(H,17,19). The minimum Gasteiger partial charge on any atom is -0.324 e. The van der Waals surface area contributed by atoms with Gasteiger partial charge in [0.2, 0.25) is 5.91 Å². The van der Waals surface area contributed by atoms with Gasteiger partial charge in [-0.1, -0.05) is 12.1 Å². The van der Waals surface area contributed by atoms with Crippen molar-refractivity contribution in [2.75, 3.05) is 10.0 Å². The number of nitrogens with one attached hydrogen (secondary N) is 2. The van der Waals surface area contributed by atoms with E-state index in [0.717, 1.165) is 24.3 Å². The summed E-state index contributed by atoms with van der Waals surface area (Å²) in [6.07, 6.45) is 0. The Bertz CT molecular complexity index is 823. The van der Waals surface area contributed by atoms with E-state index in [2.05, 4.69) is 10.0 Å².